The van der Waals surface area contributed by atoms with E-state index in [9.17, 15) is 5.11 Å². The van der Waals surface area contributed by atoms with Crippen molar-refractivity contribution in [1.82, 2.24) is 0 Å². The third-order valence-electron chi connectivity index (χ3n) is 0.748. The summed E-state index contributed by atoms with van der Waals surface area (Å²) < 4.78 is 0. The SMILES string of the molecule is CCCCC[O-].[Mg+2]. The number of rotatable bonds is 3. The smallest absolute Gasteiger partial charge is 0.854 e. The zero-order chi connectivity index (χ0) is 4.83. The van der Waals surface area contributed by atoms with E-state index >= 15 is 0 Å². The zero-order valence-electron chi connectivity index (χ0n) is 4.94. The van der Waals surface area contributed by atoms with Crippen molar-refractivity contribution in [3.05, 3.63) is 0 Å². The first-order valence-corrected chi connectivity index (χ1v) is 2.50. The Morgan fingerprint density at radius 3 is 2.00 bits per heavy atom. The average molecular weight is 111 g/mol. The van der Waals surface area contributed by atoms with Gasteiger partial charge >= 0.3 is 23.1 Å². The van der Waals surface area contributed by atoms with Crippen LogP contribution >= 0.6 is 0 Å². The van der Waals surface area contributed by atoms with Gasteiger partial charge in [-0.05, 0) is 0 Å². The van der Waals surface area contributed by atoms with Crippen molar-refractivity contribution in [2.75, 3.05) is 6.61 Å². The van der Waals surface area contributed by atoms with Crippen LogP contribution in [0.2, 0.25) is 0 Å². The molecule has 0 rings (SSSR count). The zero-order valence-corrected chi connectivity index (χ0v) is 6.36. The van der Waals surface area contributed by atoms with Gasteiger partial charge in [0, 0.05) is 0 Å². The molecule has 0 aromatic rings. The third kappa shape index (κ3) is 10.8. The molecule has 0 amide bonds. The van der Waals surface area contributed by atoms with Gasteiger partial charge in [-0.1, -0.05) is 26.2 Å². The van der Waals surface area contributed by atoms with Crippen LogP contribution < -0.4 is 5.11 Å². The standard InChI is InChI=1S/C5H11O.Mg/c1-2-3-4-5-6;/h2-5H2,1H3;/q-1;+2. The van der Waals surface area contributed by atoms with E-state index in [2.05, 4.69) is 6.92 Å². The molecular formula is C5H11MgO+. The Hall–Kier alpha value is 0.726. The van der Waals surface area contributed by atoms with Crippen LogP contribution in [-0.4, -0.2) is 29.7 Å². The predicted molar refractivity (Wildman–Crippen MR) is 30.1 cm³/mol. The number of hydrogen-bond donors (Lipinski definition) is 0. The molecule has 7 heavy (non-hydrogen) atoms. The van der Waals surface area contributed by atoms with Crippen LogP contribution in [0.15, 0.2) is 0 Å². The molecular weight excluding hydrogens is 100 g/mol. The van der Waals surface area contributed by atoms with Crippen LogP contribution in [0.5, 0.6) is 0 Å². The molecule has 0 atom stereocenters. The Morgan fingerprint density at radius 1 is 1.29 bits per heavy atom. The van der Waals surface area contributed by atoms with Crippen molar-refractivity contribution in [1.29, 1.82) is 0 Å². The average Bonchev–Trinajstić information content (AvgIpc) is 1.61. The van der Waals surface area contributed by atoms with Crippen LogP contribution in [0.25, 0.3) is 0 Å². The molecule has 0 radical (unpaired) electrons. The van der Waals surface area contributed by atoms with Crippen LogP contribution in [0.4, 0.5) is 0 Å². The Labute approximate surface area is 61.3 Å². The van der Waals surface area contributed by atoms with Crippen molar-refractivity contribution >= 4 is 23.1 Å². The first kappa shape index (κ1) is 10.7. The van der Waals surface area contributed by atoms with E-state index in [0.717, 1.165) is 19.3 Å². The second-order valence-electron chi connectivity index (χ2n) is 1.41. The second-order valence-corrected chi connectivity index (χ2v) is 1.41. The Bertz CT molecular complexity index is 20.0. The van der Waals surface area contributed by atoms with Gasteiger partial charge in [-0.3, -0.25) is 0 Å². The number of hydrogen-bond acceptors (Lipinski definition) is 1. The van der Waals surface area contributed by atoms with Crippen LogP contribution in [-0.2, 0) is 0 Å². The minimum absolute atomic E-state index is 0. The van der Waals surface area contributed by atoms with Crippen molar-refractivity contribution in [3.63, 3.8) is 0 Å². The van der Waals surface area contributed by atoms with Gasteiger partial charge in [-0.2, -0.15) is 0 Å². The maximum atomic E-state index is 9.69. The van der Waals surface area contributed by atoms with E-state index in [-0.39, 0.29) is 29.7 Å². The van der Waals surface area contributed by atoms with Gasteiger partial charge < -0.3 is 5.11 Å². The normalized spacial score (nSPS) is 7.71. The largest absolute Gasteiger partial charge is 2.00 e. The molecule has 0 aromatic carbocycles. The summed E-state index contributed by atoms with van der Waals surface area (Å²) in [5.41, 5.74) is 0. The Morgan fingerprint density at radius 2 is 1.86 bits per heavy atom. The van der Waals surface area contributed by atoms with E-state index in [4.69, 9.17) is 0 Å². The van der Waals surface area contributed by atoms with Gasteiger partial charge in [0.2, 0.25) is 0 Å². The van der Waals surface area contributed by atoms with Crippen LogP contribution in [0.1, 0.15) is 26.2 Å². The van der Waals surface area contributed by atoms with Gasteiger partial charge in [0.25, 0.3) is 0 Å². The molecule has 0 aliphatic carbocycles. The summed E-state index contributed by atoms with van der Waals surface area (Å²) in [6, 6.07) is 0. The van der Waals surface area contributed by atoms with Crippen molar-refractivity contribution in [2.45, 2.75) is 26.2 Å². The molecule has 0 aromatic heterocycles. The fourth-order valence-electron chi connectivity index (χ4n) is 0.352. The molecule has 0 unspecified atom stereocenters. The summed E-state index contributed by atoms with van der Waals surface area (Å²) in [5.74, 6) is 0. The molecule has 0 saturated heterocycles. The molecule has 0 spiro atoms. The van der Waals surface area contributed by atoms with Gasteiger partial charge in [-0.25, -0.2) is 0 Å². The predicted octanol–water partition coefficient (Wildman–Crippen LogP) is 0.156. The first-order valence-electron chi connectivity index (χ1n) is 2.50. The second kappa shape index (κ2) is 9.87. The third-order valence-corrected chi connectivity index (χ3v) is 0.748. The first-order chi connectivity index (χ1) is 2.91. The van der Waals surface area contributed by atoms with E-state index in [0.29, 0.717) is 0 Å². The summed E-state index contributed by atoms with van der Waals surface area (Å²) in [7, 11) is 0. The summed E-state index contributed by atoms with van der Waals surface area (Å²) in [4.78, 5) is 0. The molecule has 0 heterocycles. The molecule has 0 aliphatic rings. The maximum Gasteiger partial charge on any atom is 2.00 e. The Kier molecular flexibility index (Phi) is 15.0. The van der Waals surface area contributed by atoms with Gasteiger partial charge in [-0.15, -0.1) is 6.61 Å². The van der Waals surface area contributed by atoms with E-state index in [1.165, 1.54) is 0 Å². The quantitative estimate of drug-likeness (QED) is 0.376. The summed E-state index contributed by atoms with van der Waals surface area (Å²) in [5, 5.41) is 9.69. The van der Waals surface area contributed by atoms with Crippen molar-refractivity contribution in [2.24, 2.45) is 0 Å². The Balaban J connectivity index is 0. The van der Waals surface area contributed by atoms with Crippen LogP contribution in [0, 0.1) is 0 Å². The van der Waals surface area contributed by atoms with E-state index < -0.39 is 0 Å². The molecule has 0 aliphatic heterocycles. The van der Waals surface area contributed by atoms with E-state index in [1.54, 1.807) is 0 Å². The molecule has 0 fully saturated rings. The van der Waals surface area contributed by atoms with Crippen LogP contribution in [0.3, 0.4) is 0 Å². The summed E-state index contributed by atoms with van der Waals surface area (Å²) in [6.45, 7) is 2.20. The minimum atomic E-state index is 0. The topological polar surface area (TPSA) is 23.1 Å². The molecule has 38 valence electrons. The van der Waals surface area contributed by atoms with Gasteiger partial charge in [0.05, 0.1) is 0 Å². The molecule has 0 saturated carbocycles. The van der Waals surface area contributed by atoms with Gasteiger partial charge in [0.15, 0.2) is 0 Å². The molecule has 2 heteroatoms. The van der Waals surface area contributed by atoms with Gasteiger partial charge in [0.1, 0.15) is 0 Å². The van der Waals surface area contributed by atoms with Crippen molar-refractivity contribution in [3.8, 4) is 0 Å². The molecule has 0 N–H and O–H groups in total. The molecule has 0 bridgehead atoms. The maximum absolute atomic E-state index is 9.69. The van der Waals surface area contributed by atoms with E-state index in [1.807, 2.05) is 0 Å². The monoisotopic (exact) mass is 111 g/mol. The molecule has 1 nitrogen and oxygen atoms in total. The minimum Gasteiger partial charge on any atom is -0.854 e. The summed E-state index contributed by atoms with van der Waals surface area (Å²) >= 11 is 0. The summed E-state index contributed by atoms with van der Waals surface area (Å²) in [6.07, 6.45) is 3.11. The van der Waals surface area contributed by atoms with Crippen molar-refractivity contribution < 1.29 is 5.11 Å². The fraction of sp³-hybridized carbons (Fsp3) is 1.00. The fourth-order valence-corrected chi connectivity index (χ4v) is 0.352. The number of unbranched alkanes of at least 4 members (excludes halogenated alkanes) is 2.